The number of hydrogen-bond acceptors (Lipinski definition) is 3. The molecular weight excluding hydrogens is 146 g/mol. The van der Waals surface area contributed by atoms with Gasteiger partial charge < -0.3 is 21.4 Å². The zero-order chi connectivity index (χ0) is 8.69. The molecule has 0 spiro atoms. The summed E-state index contributed by atoms with van der Waals surface area (Å²) in [5, 5.41) is 8.74. The van der Waals surface area contributed by atoms with Crippen molar-refractivity contribution in [3.8, 4) is 0 Å². The number of carbonyl (C=O) groups is 1. The lowest BCUT2D eigenvalue weighted by atomic mass is 10.2. The average molecular weight is 159 g/mol. The largest absolute Gasteiger partial charge is 0.386 e. The van der Waals surface area contributed by atoms with Crippen LogP contribution in [0.4, 0.5) is 0 Å². The second-order valence-corrected chi connectivity index (χ2v) is 2.15. The molecule has 0 heterocycles. The highest BCUT2D eigenvalue weighted by molar-refractivity contribution is 5.75. The van der Waals surface area contributed by atoms with Gasteiger partial charge in [-0.1, -0.05) is 0 Å². The molecule has 5 heteroatoms. The molecule has 0 amide bonds. The first-order valence-corrected chi connectivity index (χ1v) is 3.35. The van der Waals surface area contributed by atoms with E-state index in [1.165, 1.54) is 0 Å². The topological polar surface area (TPSA) is 102 Å². The van der Waals surface area contributed by atoms with Crippen molar-refractivity contribution >= 4 is 12.2 Å². The summed E-state index contributed by atoms with van der Waals surface area (Å²) in [6, 6.07) is 0. The monoisotopic (exact) mass is 159 g/mol. The second kappa shape index (κ2) is 5.67. The SMILES string of the molecule is NC(N)=NCCCC(O)C=O. The summed E-state index contributed by atoms with van der Waals surface area (Å²) in [6.07, 6.45) is 0.623. The average Bonchev–Trinajstić information content (AvgIpc) is 1.97. The maximum atomic E-state index is 9.90. The molecule has 0 aliphatic heterocycles. The van der Waals surface area contributed by atoms with Crippen LogP contribution in [-0.4, -0.2) is 30.0 Å². The standard InChI is InChI=1S/C6H13N3O2/c7-6(8)9-3-1-2-5(11)4-10/h4-5,11H,1-3H2,(H4,7,8,9). The van der Waals surface area contributed by atoms with Crippen LogP contribution in [0.2, 0.25) is 0 Å². The number of aliphatic hydroxyl groups is 1. The van der Waals surface area contributed by atoms with Gasteiger partial charge in [0.2, 0.25) is 0 Å². The Bertz CT molecular complexity index is 143. The zero-order valence-corrected chi connectivity index (χ0v) is 6.23. The molecule has 1 unspecified atom stereocenters. The molecule has 0 bridgehead atoms. The van der Waals surface area contributed by atoms with Crippen molar-refractivity contribution in [3.05, 3.63) is 0 Å². The molecule has 0 aromatic carbocycles. The number of hydrogen-bond donors (Lipinski definition) is 3. The maximum Gasteiger partial charge on any atom is 0.185 e. The molecule has 11 heavy (non-hydrogen) atoms. The van der Waals surface area contributed by atoms with Crippen LogP contribution >= 0.6 is 0 Å². The molecule has 0 rings (SSSR count). The molecule has 0 aromatic heterocycles. The number of aliphatic imine (C=N–C) groups is 1. The first-order valence-electron chi connectivity index (χ1n) is 3.35. The Morgan fingerprint density at radius 3 is 2.73 bits per heavy atom. The van der Waals surface area contributed by atoms with Crippen LogP contribution in [0.5, 0.6) is 0 Å². The van der Waals surface area contributed by atoms with Gasteiger partial charge in [0.1, 0.15) is 12.4 Å². The lowest BCUT2D eigenvalue weighted by molar-refractivity contribution is -0.115. The zero-order valence-electron chi connectivity index (χ0n) is 6.23. The van der Waals surface area contributed by atoms with Crippen LogP contribution in [0.3, 0.4) is 0 Å². The Kier molecular flexibility index (Phi) is 5.10. The van der Waals surface area contributed by atoms with Crippen LogP contribution in [0, 0.1) is 0 Å². The number of guanidine groups is 1. The minimum absolute atomic E-state index is 0.0330. The molecular formula is C6H13N3O2. The predicted octanol–water partition coefficient (Wildman–Crippen LogP) is -1.40. The van der Waals surface area contributed by atoms with Crippen molar-refractivity contribution in [3.63, 3.8) is 0 Å². The third kappa shape index (κ3) is 6.79. The van der Waals surface area contributed by atoms with Gasteiger partial charge in [-0.25, -0.2) is 0 Å². The number of nitrogens with zero attached hydrogens (tertiary/aromatic N) is 1. The van der Waals surface area contributed by atoms with Crippen LogP contribution < -0.4 is 11.5 Å². The highest BCUT2D eigenvalue weighted by Crippen LogP contribution is 1.93. The second-order valence-electron chi connectivity index (χ2n) is 2.15. The molecule has 5 N–H and O–H groups in total. The number of aliphatic hydroxyl groups excluding tert-OH is 1. The van der Waals surface area contributed by atoms with Gasteiger partial charge in [0.05, 0.1) is 0 Å². The Labute approximate surface area is 65.1 Å². The molecule has 0 radical (unpaired) electrons. The Morgan fingerprint density at radius 1 is 1.64 bits per heavy atom. The summed E-state index contributed by atoms with van der Waals surface area (Å²) >= 11 is 0. The van der Waals surface area contributed by atoms with Gasteiger partial charge in [-0.05, 0) is 12.8 Å². The summed E-state index contributed by atoms with van der Waals surface area (Å²) in [5.41, 5.74) is 10.1. The first-order chi connectivity index (χ1) is 5.16. The third-order valence-electron chi connectivity index (χ3n) is 1.11. The minimum atomic E-state index is -0.885. The van der Waals surface area contributed by atoms with Gasteiger partial charge in [0, 0.05) is 6.54 Å². The number of nitrogens with two attached hydrogens (primary N) is 2. The normalized spacial score (nSPS) is 12.1. The highest BCUT2D eigenvalue weighted by atomic mass is 16.3. The fraction of sp³-hybridized carbons (Fsp3) is 0.667. The van der Waals surface area contributed by atoms with E-state index in [1.807, 2.05) is 0 Å². The Hall–Kier alpha value is -1.10. The summed E-state index contributed by atoms with van der Waals surface area (Å²) < 4.78 is 0. The van der Waals surface area contributed by atoms with Crippen LogP contribution in [0.15, 0.2) is 4.99 Å². The molecule has 5 nitrogen and oxygen atoms in total. The van der Waals surface area contributed by atoms with Crippen molar-refractivity contribution in [2.45, 2.75) is 18.9 Å². The van der Waals surface area contributed by atoms with Crippen LogP contribution in [0.1, 0.15) is 12.8 Å². The summed E-state index contributed by atoms with van der Waals surface area (Å²) in [6.45, 7) is 0.452. The van der Waals surface area contributed by atoms with Gasteiger partial charge in [-0.2, -0.15) is 0 Å². The fourth-order valence-electron chi connectivity index (χ4n) is 0.577. The summed E-state index contributed by atoms with van der Waals surface area (Å²) in [5.74, 6) is 0.0330. The van der Waals surface area contributed by atoms with Crippen molar-refractivity contribution < 1.29 is 9.90 Å². The van der Waals surface area contributed by atoms with Gasteiger partial charge >= 0.3 is 0 Å². The fourth-order valence-corrected chi connectivity index (χ4v) is 0.577. The number of rotatable bonds is 5. The van der Waals surface area contributed by atoms with Crippen molar-refractivity contribution in [1.82, 2.24) is 0 Å². The minimum Gasteiger partial charge on any atom is -0.386 e. The lowest BCUT2D eigenvalue weighted by Gasteiger charge is -1.99. The molecule has 0 fully saturated rings. The van der Waals surface area contributed by atoms with Gasteiger partial charge in [0.15, 0.2) is 5.96 Å². The highest BCUT2D eigenvalue weighted by Gasteiger charge is 1.98. The van der Waals surface area contributed by atoms with E-state index in [4.69, 9.17) is 16.6 Å². The molecule has 64 valence electrons. The van der Waals surface area contributed by atoms with E-state index in [-0.39, 0.29) is 5.96 Å². The quantitative estimate of drug-likeness (QED) is 0.199. The molecule has 0 aliphatic carbocycles. The maximum absolute atomic E-state index is 9.90. The van der Waals surface area contributed by atoms with Crippen molar-refractivity contribution in [1.29, 1.82) is 0 Å². The van der Waals surface area contributed by atoms with E-state index in [0.29, 0.717) is 25.7 Å². The van der Waals surface area contributed by atoms with E-state index >= 15 is 0 Å². The molecule has 0 aliphatic rings. The van der Waals surface area contributed by atoms with Gasteiger partial charge in [-0.3, -0.25) is 4.99 Å². The van der Waals surface area contributed by atoms with E-state index in [0.717, 1.165) is 0 Å². The molecule has 0 saturated carbocycles. The van der Waals surface area contributed by atoms with Crippen molar-refractivity contribution in [2.24, 2.45) is 16.5 Å². The Morgan fingerprint density at radius 2 is 2.27 bits per heavy atom. The Balaban J connectivity index is 3.28. The predicted molar refractivity (Wildman–Crippen MR) is 42.0 cm³/mol. The molecule has 0 aromatic rings. The van der Waals surface area contributed by atoms with E-state index in [1.54, 1.807) is 0 Å². The lowest BCUT2D eigenvalue weighted by Crippen LogP contribution is -2.23. The number of carbonyl (C=O) groups excluding carboxylic acids is 1. The third-order valence-corrected chi connectivity index (χ3v) is 1.11. The van der Waals surface area contributed by atoms with Crippen LogP contribution in [0.25, 0.3) is 0 Å². The van der Waals surface area contributed by atoms with E-state index < -0.39 is 6.10 Å². The molecule has 0 saturated heterocycles. The van der Waals surface area contributed by atoms with Gasteiger partial charge in [-0.15, -0.1) is 0 Å². The van der Waals surface area contributed by atoms with Gasteiger partial charge in [0.25, 0.3) is 0 Å². The first kappa shape index (κ1) is 9.90. The molecule has 1 atom stereocenters. The number of aldehydes is 1. The van der Waals surface area contributed by atoms with E-state index in [2.05, 4.69) is 4.99 Å². The van der Waals surface area contributed by atoms with E-state index in [9.17, 15) is 4.79 Å². The smallest absolute Gasteiger partial charge is 0.185 e. The van der Waals surface area contributed by atoms with Crippen molar-refractivity contribution in [2.75, 3.05) is 6.54 Å². The summed E-state index contributed by atoms with van der Waals surface area (Å²) in [7, 11) is 0. The van der Waals surface area contributed by atoms with Crippen LogP contribution in [-0.2, 0) is 4.79 Å². The summed E-state index contributed by atoms with van der Waals surface area (Å²) in [4.78, 5) is 13.6.